The number of ether oxygens (including phenoxy) is 1. The molecule has 0 spiro atoms. The first-order valence-electron chi connectivity index (χ1n) is 6.88. The van der Waals surface area contributed by atoms with Gasteiger partial charge in [0.15, 0.2) is 0 Å². The van der Waals surface area contributed by atoms with Gasteiger partial charge in [-0.2, -0.15) is 0 Å². The molecule has 0 radical (unpaired) electrons. The number of amides is 1. The first kappa shape index (κ1) is 14.8. The van der Waals surface area contributed by atoms with E-state index in [1.54, 1.807) is 37.7 Å². The first-order valence-corrected chi connectivity index (χ1v) is 6.88. The number of nitrogens with one attached hydrogen (secondary N) is 2. The second-order valence-corrected chi connectivity index (χ2v) is 4.50. The highest BCUT2D eigenvalue weighted by Gasteiger charge is 2.13. The SMILES string of the molecule is CCCNc1ccncc1C(=O)Nc1ccccc1OC. The van der Waals surface area contributed by atoms with Crippen molar-refractivity contribution in [2.45, 2.75) is 13.3 Å². The fourth-order valence-electron chi connectivity index (χ4n) is 1.93. The Hall–Kier alpha value is -2.56. The van der Waals surface area contributed by atoms with Crippen molar-refractivity contribution in [3.05, 3.63) is 48.3 Å². The van der Waals surface area contributed by atoms with Crippen LogP contribution in [0, 0.1) is 0 Å². The van der Waals surface area contributed by atoms with Gasteiger partial charge in [0.25, 0.3) is 5.91 Å². The maximum Gasteiger partial charge on any atom is 0.259 e. The third kappa shape index (κ3) is 3.72. The average Bonchev–Trinajstić information content (AvgIpc) is 2.53. The molecule has 110 valence electrons. The lowest BCUT2D eigenvalue weighted by molar-refractivity contribution is 0.102. The molecule has 0 aliphatic rings. The van der Waals surface area contributed by atoms with E-state index in [9.17, 15) is 4.79 Å². The van der Waals surface area contributed by atoms with Crippen LogP contribution in [0.5, 0.6) is 5.75 Å². The predicted octanol–water partition coefficient (Wildman–Crippen LogP) is 3.16. The lowest BCUT2D eigenvalue weighted by atomic mass is 10.2. The van der Waals surface area contributed by atoms with Crippen molar-refractivity contribution in [2.75, 3.05) is 24.3 Å². The minimum atomic E-state index is -0.216. The highest BCUT2D eigenvalue weighted by molar-refractivity contribution is 6.08. The minimum absolute atomic E-state index is 0.216. The number of para-hydroxylation sites is 2. The van der Waals surface area contributed by atoms with Crippen LogP contribution >= 0.6 is 0 Å². The van der Waals surface area contributed by atoms with Gasteiger partial charge in [-0.15, -0.1) is 0 Å². The highest BCUT2D eigenvalue weighted by atomic mass is 16.5. The molecule has 0 atom stereocenters. The smallest absolute Gasteiger partial charge is 0.259 e. The van der Waals surface area contributed by atoms with Crippen LogP contribution < -0.4 is 15.4 Å². The molecule has 5 heteroatoms. The van der Waals surface area contributed by atoms with E-state index in [0.717, 1.165) is 18.7 Å². The fraction of sp³-hybridized carbons (Fsp3) is 0.250. The number of nitrogens with zero attached hydrogens (tertiary/aromatic N) is 1. The maximum absolute atomic E-state index is 12.4. The molecule has 1 aromatic heterocycles. The number of pyridine rings is 1. The van der Waals surface area contributed by atoms with Crippen molar-refractivity contribution in [2.24, 2.45) is 0 Å². The molecule has 0 saturated carbocycles. The molecule has 0 fully saturated rings. The van der Waals surface area contributed by atoms with E-state index in [4.69, 9.17) is 4.74 Å². The Morgan fingerprint density at radius 1 is 1.24 bits per heavy atom. The molecule has 1 heterocycles. The second kappa shape index (κ2) is 7.28. The Kier molecular flexibility index (Phi) is 5.15. The van der Waals surface area contributed by atoms with Crippen molar-refractivity contribution >= 4 is 17.3 Å². The van der Waals surface area contributed by atoms with E-state index in [-0.39, 0.29) is 5.91 Å². The molecule has 0 saturated heterocycles. The zero-order valence-electron chi connectivity index (χ0n) is 12.2. The van der Waals surface area contributed by atoms with Gasteiger partial charge in [-0.05, 0) is 24.6 Å². The molecule has 0 aliphatic heterocycles. The van der Waals surface area contributed by atoms with Crippen LogP contribution in [0.15, 0.2) is 42.7 Å². The first-order chi connectivity index (χ1) is 10.3. The van der Waals surface area contributed by atoms with Crippen LogP contribution in [0.25, 0.3) is 0 Å². The number of hydrogen-bond donors (Lipinski definition) is 2. The van der Waals surface area contributed by atoms with Gasteiger partial charge in [-0.25, -0.2) is 0 Å². The normalized spacial score (nSPS) is 10.0. The summed E-state index contributed by atoms with van der Waals surface area (Å²) < 4.78 is 5.23. The van der Waals surface area contributed by atoms with Crippen molar-refractivity contribution in [3.63, 3.8) is 0 Å². The molecular weight excluding hydrogens is 266 g/mol. The largest absolute Gasteiger partial charge is 0.495 e. The molecule has 0 unspecified atom stereocenters. The molecule has 21 heavy (non-hydrogen) atoms. The number of methoxy groups -OCH3 is 1. The van der Waals surface area contributed by atoms with Gasteiger partial charge in [-0.1, -0.05) is 19.1 Å². The summed E-state index contributed by atoms with van der Waals surface area (Å²) in [5, 5.41) is 6.08. The summed E-state index contributed by atoms with van der Waals surface area (Å²) in [7, 11) is 1.57. The topological polar surface area (TPSA) is 63.2 Å². The second-order valence-electron chi connectivity index (χ2n) is 4.50. The van der Waals surface area contributed by atoms with Gasteiger partial charge < -0.3 is 15.4 Å². The van der Waals surface area contributed by atoms with E-state index in [1.807, 2.05) is 12.1 Å². The molecule has 2 rings (SSSR count). The summed E-state index contributed by atoms with van der Waals surface area (Å²) in [6.45, 7) is 2.88. The highest BCUT2D eigenvalue weighted by Crippen LogP contribution is 2.24. The number of rotatable bonds is 6. The molecular formula is C16H19N3O2. The number of carbonyl (C=O) groups excluding carboxylic acids is 1. The lowest BCUT2D eigenvalue weighted by Gasteiger charge is -2.13. The minimum Gasteiger partial charge on any atom is -0.495 e. The van der Waals surface area contributed by atoms with E-state index in [0.29, 0.717) is 17.0 Å². The third-order valence-electron chi connectivity index (χ3n) is 2.99. The van der Waals surface area contributed by atoms with E-state index in [1.165, 1.54) is 0 Å². The molecule has 2 N–H and O–H groups in total. The van der Waals surface area contributed by atoms with Crippen LogP contribution in [0.4, 0.5) is 11.4 Å². The Morgan fingerprint density at radius 3 is 2.81 bits per heavy atom. The van der Waals surface area contributed by atoms with Gasteiger partial charge in [0.2, 0.25) is 0 Å². The van der Waals surface area contributed by atoms with Gasteiger partial charge in [0.1, 0.15) is 5.75 Å². The third-order valence-corrected chi connectivity index (χ3v) is 2.99. The average molecular weight is 285 g/mol. The Bertz CT molecular complexity index is 614. The summed E-state index contributed by atoms with van der Waals surface area (Å²) in [4.78, 5) is 16.4. The van der Waals surface area contributed by atoms with Crippen LogP contribution in [-0.4, -0.2) is 24.5 Å². The van der Waals surface area contributed by atoms with E-state index in [2.05, 4.69) is 22.5 Å². The quantitative estimate of drug-likeness (QED) is 0.855. The van der Waals surface area contributed by atoms with Crippen molar-refractivity contribution in [1.29, 1.82) is 0 Å². The monoisotopic (exact) mass is 285 g/mol. The van der Waals surface area contributed by atoms with Gasteiger partial charge in [0.05, 0.1) is 24.0 Å². The Balaban J connectivity index is 2.20. The van der Waals surface area contributed by atoms with Crippen molar-refractivity contribution < 1.29 is 9.53 Å². The van der Waals surface area contributed by atoms with Crippen molar-refractivity contribution in [1.82, 2.24) is 4.98 Å². The van der Waals surface area contributed by atoms with Gasteiger partial charge in [-0.3, -0.25) is 9.78 Å². The number of benzene rings is 1. The number of hydrogen-bond acceptors (Lipinski definition) is 4. The van der Waals surface area contributed by atoms with Crippen LogP contribution in [0.3, 0.4) is 0 Å². The molecule has 0 aliphatic carbocycles. The van der Waals surface area contributed by atoms with Crippen molar-refractivity contribution in [3.8, 4) is 5.75 Å². The molecule has 1 amide bonds. The molecule has 0 bridgehead atoms. The van der Waals surface area contributed by atoms with Crippen LogP contribution in [0.2, 0.25) is 0 Å². The summed E-state index contributed by atoms with van der Waals surface area (Å²) in [5.74, 6) is 0.406. The van der Waals surface area contributed by atoms with Gasteiger partial charge >= 0.3 is 0 Å². The molecule has 2 aromatic rings. The predicted molar refractivity (Wildman–Crippen MR) is 84.0 cm³/mol. The number of aromatic nitrogens is 1. The number of carbonyl (C=O) groups is 1. The summed E-state index contributed by atoms with van der Waals surface area (Å²) >= 11 is 0. The van der Waals surface area contributed by atoms with E-state index >= 15 is 0 Å². The lowest BCUT2D eigenvalue weighted by Crippen LogP contribution is -2.16. The zero-order chi connectivity index (χ0) is 15.1. The molecule has 5 nitrogen and oxygen atoms in total. The van der Waals surface area contributed by atoms with E-state index < -0.39 is 0 Å². The maximum atomic E-state index is 12.4. The van der Waals surface area contributed by atoms with Crippen LogP contribution in [-0.2, 0) is 0 Å². The summed E-state index contributed by atoms with van der Waals surface area (Å²) in [6, 6.07) is 9.10. The standard InChI is InChI=1S/C16H19N3O2/c1-3-9-18-13-8-10-17-11-12(13)16(20)19-14-6-4-5-7-15(14)21-2/h4-8,10-11H,3,9H2,1-2H3,(H,17,18)(H,19,20). The van der Waals surface area contributed by atoms with Crippen LogP contribution in [0.1, 0.15) is 23.7 Å². The Morgan fingerprint density at radius 2 is 2.05 bits per heavy atom. The Labute approximate surface area is 124 Å². The van der Waals surface area contributed by atoms with Gasteiger partial charge in [0, 0.05) is 18.9 Å². The molecule has 1 aromatic carbocycles. The summed E-state index contributed by atoms with van der Waals surface area (Å²) in [5.41, 5.74) is 1.92. The summed E-state index contributed by atoms with van der Waals surface area (Å²) in [6.07, 6.45) is 4.20. The number of anilines is 2. The fourth-order valence-corrected chi connectivity index (χ4v) is 1.93. The zero-order valence-corrected chi connectivity index (χ0v) is 12.2.